The smallest absolute Gasteiger partial charge is 0.252 e. The third kappa shape index (κ3) is 2.98. The van der Waals surface area contributed by atoms with Crippen LogP contribution >= 0.6 is 0 Å². The van der Waals surface area contributed by atoms with Gasteiger partial charge in [0.05, 0.1) is 5.54 Å². The molecular formula is C13H21N3O2. The maximum Gasteiger partial charge on any atom is 0.252 e. The van der Waals surface area contributed by atoms with Crippen molar-refractivity contribution >= 4 is 5.91 Å². The van der Waals surface area contributed by atoms with Crippen molar-refractivity contribution in [3.05, 3.63) is 34.2 Å². The van der Waals surface area contributed by atoms with Crippen LogP contribution in [0.4, 0.5) is 0 Å². The second-order valence-corrected chi connectivity index (χ2v) is 4.51. The molecule has 18 heavy (non-hydrogen) atoms. The molecule has 0 saturated heterocycles. The van der Waals surface area contributed by atoms with Gasteiger partial charge in [-0.15, -0.1) is 0 Å². The average molecular weight is 251 g/mol. The molecule has 5 heteroatoms. The van der Waals surface area contributed by atoms with Crippen LogP contribution in [0, 0.1) is 0 Å². The quantitative estimate of drug-likeness (QED) is 0.806. The first-order valence-electron chi connectivity index (χ1n) is 6.17. The number of carbonyl (C=O) groups is 1. The fraction of sp³-hybridized carbons (Fsp3) is 0.538. The molecule has 100 valence electrons. The molecule has 0 fully saturated rings. The van der Waals surface area contributed by atoms with E-state index in [1.165, 1.54) is 10.6 Å². The Bertz CT molecular complexity index is 467. The lowest BCUT2D eigenvalue weighted by Gasteiger charge is -2.31. The fourth-order valence-electron chi connectivity index (χ4n) is 1.77. The van der Waals surface area contributed by atoms with Gasteiger partial charge >= 0.3 is 0 Å². The van der Waals surface area contributed by atoms with Crippen molar-refractivity contribution in [1.29, 1.82) is 0 Å². The van der Waals surface area contributed by atoms with Gasteiger partial charge in [0, 0.05) is 31.4 Å². The van der Waals surface area contributed by atoms with Crippen molar-refractivity contribution in [3.63, 3.8) is 0 Å². The zero-order valence-electron chi connectivity index (χ0n) is 11.2. The summed E-state index contributed by atoms with van der Waals surface area (Å²) in [4.78, 5) is 23.6. The number of aromatic nitrogens is 1. The number of rotatable bonds is 5. The largest absolute Gasteiger partial charge is 0.345 e. The molecule has 5 nitrogen and oxygen atoms in total. The second kappa shape index (κ2) is 5.82. The lowest BCUT2D eigenvalue weighted by molar-refractivity contribution is 0.0895. The molecule has 0 unspecified atom stereocenters. The van der Waals surface area contributed by atoms with Gasteiger partial charge in [-0.2, -0.15) is 0 Å². The number of nitrogens with one attached hydrogen (secondary N) is 1. The zero-order valence-corrected chi connectivity index (χ0v) is 11.2. The van der Waals surface area contributed by atoms with Crippen LogP contribution in [-0.2, 0) is 7.05 Å². The highest BCUT2D eigenvalue weighted by Gasteiger charge is 2.26. The van der Waals surface area contributed by atoms with E-state index in [0.29, 0.717) is 12.1 Å². The first kappa shape index (κ1) is 14.4. The monoisotopic (exact) mass is 251 g/mol. The van der Waals surface area contributed by atoms with E-state index in [-0.39, 0.29) is 11.5 Å². The topological polar surface area (TPSA) is 77.1 Å². The third-order valence-electron chi connectivity index (χ3n) is 3.49. The van der Waals surface area contributed by atoms with E-state index in [2.05, 4.69) is 5.32 Å². The van der Waals surface area contributed by atoms with Gasteiger partial charge in [-0.1, -0.05) is 13.8 Å². The van der Waals surface area contributed by atoms with Crippen molar-refractivity contribution in [2.24, 2.45) is 12.8 Å². The maximum atomic E-state index is 12.1. The predicted molar refractivity (Wildman–Crippen MR) is 71.5 cm³/mol. The minimum Gasteiger partial charge on any atom is -0.345 e. The molecule has 0 aliphatic rings. The van der Waals surface area contributed by atoms with Crippen molar-refractivity contribution in [1.82, 2.24) is 9.88 Å². The molecule has 0 radical (unpaired) electrons. The minimum absolute atomic E-state index is 0.200. The lowest BCUT2D eigenvalue weighted by Crippen LogP contribution is -2.53. The summed E-state index contributed by atoms with van der Waals surface area (Å²) in [5, 5.41) is 2.93. The molecule has 0 aliphatic heterocycles. The van der Waals surface area contributed by atoms with Crippen LogP contribution in [0.25, 0.3) is 0 Å². The van der Waals surface area contributed by atoms with E-state index in [1.54, 1.807) is 19.3 Å². The Labute approximate surface area is 107 Å². The summed E-state index contributed by atoms with van der Waals surface area (Å²) in [5.74, 6) is -0.248. The number of aryl methyl sites for hydroxylation is 1. The van der Waals surface area contributed by atoms with E-state index < -0.39 is 5.54 Å². The Morgan fingerprint density at radius 3 is 2.50 bits per heavy atom. The molecule has 3 N–H and O–H groups in total. The van der Waals surface area contributed by atoms with Crippen LogP contribution in [0.1, 0.15) is 37.0 Å². The Morgan fingerprint density at radius 2 is 2.06 bits per heavy atom. The standard InChI is InChI=1S/C13H21N3O2/c1-4-13(5-2,9-14)15-12(18)10-6-7-16(3)11(17)8-10/h6-8H,4-5,9,14H2,1-3H3,(H,15,18). The minimum atomic E-state index is -0.391. The first-order chi connectivity index (χ1) is 8.48. The molecule has 0 spiro atoms. The third-order valence-corrected chi connectivity index (χ3v) is 3.49. The van der Waals surface area contributed by atoms with Gasteiger partial charge in [-0.3, -0.25) is 9.59 Å². The highest BCUT2D eigenvalue weighted by molar-refractivity contribution is 5.94. The summed E-state index contributed by atoms with van der Waals surface area (Å²) in [6.45, 7) is 4.36. The van der Waals surface area contributed by atoms with Gasteiger partial charge < -0.3 is 15.6 Å². The summed E-state index contributed by atoms with van der Waals surface area (Å²) in [6.07, 6.45) is 3.10. The summed E-state index contributed by atoms with van der Waals surface area (Å²) in [6, 6.07) is 2.96. The number of nitrogens with zero attached hydrogens (tertiary/aromatic N) is 1. The Hall–Kier alpha value is -1.62. The van der Waals surface area contributed by atoms with Gasteiger partial charge in [-0.25, -0.2) is 0 Å². The molecular weight excluding hydrogens is 230 g/mol. The second-order valence-electron chi connectivity index (χ2n) is 4.51. The van der Waals surface area contributed by atoms with E-state index in [0.717, 1.165) is 12.8 Å². The van der Waals surface area contributed by atoms with Crippen molar-refractivity contribution < 1.29 is 4.79 Å². The van der Waals surface area contributed by atoms with Gasteiger partial charge in [0.15, 0.2) is 0 Å². The van der Waals surface area contributed by atoms with Gasteiger partial charge in [0.25, 0.3) is 11.5 Å². The van der Waals surface area contributed by atoms with E-state index in [9.17, 15) is 9.59 Å². The Morgan fingerprint density at radius 1 is 1.44 bits per heavy atom. The van der Waals surface area contributed by atoms with Crippen molar-refractivity contribution in [3.8, 4) is 0 Å². The number of carbonyl (C=O) groups excluding carboxylic acids is 1. The SMILES string of the molecule is CCC(CC)(CN)NC(=O)c1ccn(C)c(=O)c1. The number of pyridine rings is 1. The molecule has 0 bridgehead atoms. The molecule has 1 amide bonds. The number of nitrogens with two attached hydrogens (primary N) is 1. The highest BCUT2D eigenvalue weighted by atomic mass is 16.2. The molecule has 1 rings (SSSR count). The Kier molecular flexibility index (Phi) is 4.67. The molecule has 1 heterocycles. The molecule has 0 saturated carbocycles. The van der Waals surface area contributed by atoms with Gasteiger partial charge in [0.1, 0.15) is 0 Å². The molecule has 0 aromatic carbocycles. The fourth-order valence-corrected chi connectivity index (χ4v) is 1.77. The van der Waals surface area contributed by atoms with Crippen LogP contribution in [0.15, 0.2) is 23.1 Å². The van der Waals surface area contributed by atoms with Crippen molar-refractivity contribution in [2.75, 3.05) is 6.54 Å². The van der Waals surface area contributed by atoms with E-state index in [4.69, 9.17) is 5.73 Å². The van der Waals surface area contributed by atoms with Crippen LogP contribution in [-0.4, -0.2) is 22.6 Å². The van der Waals surface area contributed by atoms with Gasteiger partial charge in [-0.05, 0) is 18.9 Å². The van der Waals surface area contributed by atoms with E-state index in [1.807, 2.05) is 13.8 Å². The van der Waals surface area contributed by atoms with Crippen molar-refractivity contribution in [2.45, 2.75) is 32.2 Å². The van der Waals surface area contributed by atoms with Crippen LogP contribution in [0.3, 0.4) is 0 Å². The predicted octanol–water partition coefficient (Wildman–Crippen LogP) is 0.633. The number of amides is 1. The Balaban J connectivity index is 2.94. The average Bonchev–Trinajstić information content (AvgIpc) is 2.39. The summed E-state index contributed by atoms with van der Waals surface area (Å²) in [7, 11) is 1.65. The number of hydrogen-bond acceptors (Lipinski definition) is 3. The molecule has 0 aliphatic carbocycles. The lowest BCUT2D eigenvalue weighted by atomic mass is 9.92. The van der Waals surface area contributed by atoms with Crippen LogP contribution in [0.2, 0.25) is 0 Å². The maximum absolute atomic E-state index is 12.1. The summed E-state index contributed by atoms with van der Waals surface area (Å²) < 4.78 is 1.42. The summed E-state index contributed by atoms with van der Waals surface area (Å²) >= 11 is 0. The summed E-state index contributed by atoms with van der Waals surface area (Å²) in [5.41, 5.74) is 5.51. The number of hydrogen-bond donors (Lipinski definition) is 2. The highest BCUT2D eigenvalue weighted by Crippen LogP contribution is 2.14. The molecule has 1 aromatic heterocycles. The molecule has 1 aromatic rings. The normalized spacial score (nSPS) is 11.3. The van der Waals surface area contributed by atoms with E-state index >= 15 is 0 Å². The van der Waals surface area contributed by atoms with Crippen LogP contribution < -0.4 is 16.6 Å². The molecule has 0 atom stereocenters. The van der Waals surface area contributed by atoms with Gasteiger partial charge in [0.2, 0.25) is 0 Å². The van der Waals surface area contributed by atoms with Crippen LogP contribution in [0.5, 0.6) is 0 Å². The first-order valence-corrected chi connectivity index (χ1v) is 6.17. The zero-order chi connectivity index (χ0) is 13.8.